The Morgan fingerprint density at radius 3 is 2.90 bits per heavy atom. The summed E-state index contributed by atoms with van der Waals surface area (Å²) in [6.07, 6.45) is 7.46. The number of hydrogen-bond donors (Lipinski definition) is 1. The van der Waals surface area contributed by atoms with Crippen molar-refractivity contribution in [2.24, 2.45) is 11.7 Å². The number of aromatic nitrogens is 3. The van der Waals surface area contributed by atoms with Crippen molar-refractivity contribution in [3.05, 3.63) is 28.8 Å². The molecular weight excluding hydrogens is 320 g/mol. The van der Waals surface area contributed by atoms with Crippen LogP contribution >= 0.6 is 15.9 Å². The van der Waals surface area contributed by atoms with Crippen LogP contribution < -0.4 is 5.73 Å². The molecule has 2 aromatic heterocycles. The minimum atomic E-state index is 0.584. The highest BCUT2D eigenvalue weighted by atomic mass is 79.9. The lowest BCUT2D eigenvalue weighted by molar-refractivity contribution is 0.354. The average molecular weight is 339 g/mol. The van der Waals surface area contributed by atoms with Gasteiger partial charge in [0, 0.05) is 28.9 Å². The second-order valence-corrected chi connectivity index (χ2v) is 5.71. The first kappa shape index (κ1) is 15.1. The van der Waals surface area contributed by atoms with E-state index in [2.05, 4.69) is 38.0 Å². The molecule has 0 aliphatic rings. The van der Waals surface area contributed by atoms with Crippen LogP contribution in [-0.2, 0) is 6.42 Å². The molecule has 0 aliphatic heterocycles. The Morgan fingerprint density at radius 1 is 1.35 bits per heavy atom. The maximum atomic E-state index is 5.61. The van der Waals surface area contributed by atoms with Crippen LogP contribution in [0.25, 0.3) is 11.4 Å². The summed E-state index contributed by atoms with van der Waals surface area (Å²) in [6, 6.07) is 1.92. The molecule has 0 spiro atoms. The highest BCUT2D eigenvalue weighted by Gasteiger charge is 2.12. The molecule has 5 nitrogen and oxygen atoms in total. The lowest BCUT2D eigenvalue weighted by Gasteiger charge is -2.11. The first-order valence-electron chi connectivity index (χ1n) is 6.86. The quantitative estimate of drug-likeness (QED) is 0.838. The molecule has 1 atom stereocenters. The Bertz CT molecular complexity index is 543. The van der Waals surface area contributed by atoms with Gasteiger partial charge in [0.2, 0.25) is 11.7 Å². The summed E-state index contributed by atoms with van der Waals surface area (Å²) in [5.41, 5.74) is 6.46. The number of hydrogen-bond acceptors (Lipinski definition) is 5. The van der Waals surface area contributed by atoms with Gasteiger partial charge in [-0.25, -0.2) is 0 Å². The summed E-state index contributed by atoms with van der Waals surface area (Å²) in [6.45, 7) is 2.92. The lowest BCUT2D eigenvalue weighted by atomic mass is 9.97. The molecule has 0 fully saturated rings. The molecule has 6 heteroatoms. The second-order valence-electron chi connectivity index (χ2n) is 4.79. The first-order chi connectivity index (χ1) is 9.72. The van der Waals surface area contributed by atoms with E-state index in [0.717, 1.165) is 42.3 Å². The maximum absolute atomic E-state index is 5.61. The van der Waals surface area contributed by atoms with Gasteiger partial charge in [-0.15, -0.1) is 0 Å². The van der Waals surface area contributed by atoms with Crippen molar-refractivity contribution in [3.8, 4) is 11.4 Å². The molecule has 2 heterocycles. The van der Waals surface area contributed by atoms with E-state index < -0.39 is 0 Å². The summed E-state index contributed by atoms with van der Waals surface area (Å²) in [7, 11) is 0. The van der Waals surface area contributed by atoms with Crippen LogP contribution in [0.3, 0.4) is 0 Å². The van der Waals surface area contributed by atoms with E-state index in [4.69, 9.17) is 10.3 Å². The van der Waals surface area contributed by atoms with Crippen LogP contribution in [0.5, 0.6) is 0 Å². The molecule has 0 bridgehead atoms. The predicted octanol–water partition coefficient (Wildman–Crippen LogP) is 3.20. The van der Waals surface area contributed by atoms with Gasteiger partial charge < -0.3 is 10.3 Å². The van der Waals surface area contributed by atoms with Crippen molar-refractivity contribution in [2.45, 2.75) is 32.6 Å². The summed E-state index contributed by atoms with van der Waals surface area (Å²) < 4.78 is 6.19. The van der Waals surface area contributed by atoms with Crippen LogP contribution in [0, 0.1) is 5.92 Å². The highest BCUT2D eigenvalue weighted by molar-refractivity contribution is 9.10. The molecule has 20 heavy (non-hydrogen) atoms. The van der Waals surface area contributed by atoms with Gasteiger partial charge in [0.25, 0.3) is 0 Å². The number of halogens is 1. The van der Waals surface area contributed by atoms with E-state index in [1.54, 1.807) is 12.4 Å². The SMILES string of the molecule is CCC(CCN)CCc1nc(-c2cncc(Br)c2)no1. The molecule has 2 aromatic rings. The Labute approximate surface area is 127 Å². The zero-order chi connectivity index (χ0) is 14.4. The summed E-state index contributed by atoms with van der Waals surface area (Å²) in [5, 5.41) is 4.01. The average Bonchev–Trinajstić information content (AvgIpc) is 2.92. The third-order valence-electron chi connectivity index (χ3n) is 3.35. The molecule has 0 saturated heterocycles. The highest BCUT2D eigenvalue weighted by Crippen LogP contribution is 2.20. The van der Waals surface area contributed by atoms with Gasteiger partial charge in [-0.1, -0.05) is 18.5 Å². The fourth-order valence-corrected chi connectivity index (χ4v) is 2.49. The van der Waals surface area contributed by atoms with Crippen LogP contribution in [-0.4, -0.2) is 21.7 Å². The van der Waals surface area contributed by atoms with Crippen molar-refractivity contribution in [2.75, 3.05) is 6.54 Å². The first-order valence-corrected chi connectivity index (χ1v) is 7.65. The minimum Gasteiger partial charge on any atom is -0.339 e. The van der Waals surface area contributed by atoms with Gasteiger partial charge >= 0.3 is 0 Å². The van der Waals surface area contributed by atoms with Crippen LogP contribution in [0.4, 0.5) is 0 Å². The van der Waals surface area contributed by atoms with Crippen LogP contribution in [0.1, 0.15) is 32.1 Å². The molecule has 2 rings (SSSR count). The number of rotatable bonds is 7. The second kappa shape index (κ2) is 7.50. The Balaban J connectivity index is 1.99. The summed E-state index contributed by atoms with van der Waals surface area (Å²) >= 11 is 3.38. The minimum absolute atomic E-state index is 0.584. The fourth-order valence-electron chi connectivity index (χ4n) is 2.12. The Morgan fingerprint density at radius 2 is 2.20 bits per heavy atom. The van der Waals surface area contributed by atoms with Crippen molar-refractivity contribution in [3.63, 3.8) is 0 Å². The predicted molar refractivity (Wildman–Crippen MR) is 81.0 cm³/mol. The molecule has 0 saturated carbocycles. The van der Waals surface area contributed by atoms with Crippen LogP contribution in [0.15, 0.2) is 27.5 Å². The number of aryl methyl sites for hydroxylation is 1. The normalized spacial score (nSPS) is 12.6. The zero-order valence-electron chi connectivity index (χ0n) is 11.6. The van der Waals surface area contributed by atoms with E-state index in [1.165, 1.54) is 0 Å². The fraction of sp³-hybridized carbons (Fsp3) is 0.500. The standard InChI is InChI=1S/C14H19BrN4O/c1-2-10(5-6-16)3-4-13-18-14(19-20-13)11-7-12(15)9-17-8-11/h7-10H,2-6,16H2,1H3. The van der Waals surface area contributed by atoms with Crippen molar-refractivity contribution < 1.29 is 4.52 Å². The molecule has 0 radical (unpaired) electrons. The molecule has 1 unspecified atom stereocenters. The van der Waals surface area contributed by atoms with Gasteiger partial charge in [-0.2, -0.15) is 4.98 Å². The van der Waals surface area contributed by atoms with Crippen LogP contribution in [0.2, 0.25) is 0 Å². The lowest BCUT2D eigenvalue weighted by Crippen LogP contribution is -2.09. The molecule has 0 aromatic carbocycles. The van der Waals surface area contributed by atoms with E-state index in [0.29, 0.717) is 17.6 Å². The van der Waals surface area contributed by atoms with E-state index in [9.17, 15) is 0 Å². The van der Waals surface area contributed by atoms with Crippen molar-refractivity contribution in [1.82, 2.24) is 15.1 Å². The largest absolute Gasteiger partial charge is 0.339 e. The smallest absolute Gasteiger partial charge is 0.226 e. The van der Waals surface area contributed by atoms with Crippen molar-refractivity contribution in [1.29, 1.82) is 0 Å². The molecule has 0 aliphatic carbocycles. The molecular formula is C14H19BrN4O. The Kier molecular flexibility index (Phi) is 5.67. The number of pyridine rings is 1. The summed E-state index contributed by atoms with van der Waals surface area (Å²) in [5.74, 6) is 1.89. The zero-order valence-corrected chi connectivity index (χ0v) is 13.1. The van der Waals surface area contributed by atoms with Gasteiger partial charge in [-0.05, 0) is 47.3 Å². The summed E-state index contributed by atoms with van der Waals surface area (Å²) in [4.78, 5) is 8.52. The van der Waals surface area contributed by atoms with Gasteiger partial charge in [0.1, 0.15) is 0 Å². The van der Waals surface area contributed by atoms with E-state index >= 15 is 0 Å². The van der Waals surface area contributed by atoms with Gasteiger partial charge in [0.05, 0.1) is 0 Å². The molecule has 108 valence electrons. The third kappa shape index (κ3) is 4.11. The number of nitrogens with zero attached hydrogens (tertiary/aromatic N) is 3. The topological polar surface area (TPSA) is 77.8 Å². The monoisotopic (exact) mass is 338 g/mol. The van der Waals surface area contributed by atoms with Gasteiger partial charge in [-0.3, -0.25) is 4.98 Å². The van der Waals surface area contributed by atoms with Gasteiger partial charge in [0.15, 0.2) is 0 Å². The Hall–Kier alpha value is -1.27. The van der Waals surface area contributed by atoms with E-state index in [1.807, 2.05) is 6.07 Å². The molecule has 2 N–H and O–H groups in total. The number of nitrogens with two attached hydrogens (primary N) is 1. The third-order valence-corrected chi connectivity index (χ3v) is 3.78. The molecule has 0 amide bonds. The van der Waals surface area contributed by atoms with Crippen molar-refractivity contribution >= 4 is 15.9 Å². The van der Waals surface area contributed by atoms with E-state index in [-0.39, 0.29) is 0 Å². The maximum Gasteiger partial charge on any atom is 0.226 e.